The Labute approximate surface area is 127 Å². The number of hydrogen-bond donors (Lipinski definition) is 2. The number of nitrogens with zero attached hydrogens (tertiary/aromatic N) is 1. The molecule has 1 rings (SSSR count). The van der Waals surface area contributed by atoms with Crippen molar-refractivity contribution in [2.75, 3.05) is 31.1 Å². The first kappa shape index (κ1) is 17.3. The van der Waals surface area contributed by atoms with E-state index in [-0.39, 0.29) is 6.61 Å². The summed E-state index contributed by atoms with van der Waals surface area (Å²) < 4.78 is 0. The van der Waals surface area contributed by atoms with E-state index in [2.05, 4.69) is 43.1 Å². The van der Waals surface area contributed by atoms with Crippen LogP contribution in [-0.4, -0.2) is 31.3 Å². The highest BCUT2D eigenvalue weighted by molar-refractivity contribution is 6.31. The number of aliphatic hydroxyl groups excluding tert-OH is 1. The molecule has 0 amide bonds. The van der Waals surface area contributed by atoms with Gasteiger partial charge in [-0.05, 0) is 43.5 Å². The van der Waals surface area contributed by atoms with Gasteiger partial charge in [0.05, 0.1) is 0 Å². The van der Waals surface area contributed by atoms with E-state index < -0.39 is 0 Å². The fraction of sp³-hybridized carbons (Fsp3) is 0.625. The van der Waals surface area contributed by atoms with Crippen molar-refractivity contribution in [3.63, 3.8) is 0 Å². The van der Waals surface area contributed by atoms with Crippen LogP contribution < -0.4 is 10.2 Å². The fourth-order valence-electron chi connectivity index (χ4n) is 2.10. The predicted molar refractivity (Wildman–Crippen MR) is 87.6 cm³/mol. The molecule has 0 spiro atoms. The highest BCUT2D eigenvalue weighted by Gasteiger charge is 2.07. The molecular weight excluding hydrogens is 272 g/mol. The zero-order chi connectivity index (χ0) is 15.0. The maximum atomic E-state index is 8.94. The molecule has 0 fully saturated rings. The van der Waals surface area contributed by atoms with E-state index in [1.54, 1.807) is 0 Å². The summed E-state index contributed by atoms with van der Waals surface area (Å²) >= 11 is 6.36. The standard InChI is InChI=1S/C16H27ClN2O/c1-4-19(8-5-9-20)15-7-6-14(16(17)10-15)12-18-11-13(2)3/h6-7,10,13,18,20H,4-5,8-9,11-12H2,1-3H3. The van der Waals surface area contributed by atoms with Gasteiger partial charge in [-0.3, -0.25) is 0 Å². The second-order valence-corrected chi connectivity index (χ2v) is 5.86. The van der Waals surface area contributed by atoms with Crippen molar-refractivity contribution in [1.82, 2.24) is 5.32 Å². The number of benzene rings is 1. The first-order valence-corrected chi connectivity index (χ1v) is 7.81. The van der Waals surface area contributed by atoms with E-state index in [1.807, 2.05) is 6.07 Å². The van der Waals surface area contributed by atoms with Crippen LogP contribution in [0.5, 0.6) is 0 Å². The van der Waals surface area contributed by atoms with Crippen molar-refractivity contribution in [2.45, 2.75) is 33.7 Å². The summed E-state index contributed by atoms with van der Waals surface area (Å²) in [5.41, 5.74) is 2.26. The lowest BCUT2D eigenvalue weighted by Gasteiger charge is -2.23. The van der Waals surface area contributed by atoms with Crippen molar-refractivity contribution >= 4 is 17.3 Å². The van der Waals surface area contributed by atoms with Crippen LogP contribution in [0.4, 0.5) is 5.69 Å². The first-order chi connectivity index (χ1) is 9.58. The minimum absolute atomic E-state index is 0.224. The monoisotopic (exact) mass is 298 g/mol. The van der Waals surface area contributed by atoms with E-state index in [4.69, 9.17) is 16.7 Å². The normalized spacial score (nSPS) is 11.1. The minimum atomic E-state index is 0.224. The predicted octanol–water partition coefficient (Wildman–Crippen LogP) is 3.29. The Morgan fingerprint density at radius 1 is 1.35 bits per heavy atom. The lowest BCUT2D eigenvalue weighted by Crippen LogP contribution is -2.24. The van der Waals surface area contributed by atoms with Crippen LogP contribution in [-0.2, 0) is 6.54 Å². The van der Waals surface area contributed by atoms with Crippen molar-refractivity contribution in [3.8, 4) is 0 Å². The molecule has 0 aliphatic rings. The quantitative estimate of drug-likeness (QED) is 0.734. The smallest absolute Gasteiger partial charge is 0.0471 e. The number of anilines is 1. The Morgan fingerprint density at radius 2 is 2.10 bits per heavy atom. The van der Waals surface area contributed by atoms with E-state index in [0.29, 0.717) is 5.92 Å². The average molecular weight is 299 g/mol. The van der Waals surface area contributed by atoms with E-state index in [1.165, 1.54) is 0 Å². The molecule has 0 radical (unpaired) electrons. The third-order valence-corrected chi connectivity index (χ3v) is 3.59. The molecule has 4 heteroatoms. The molecule has 0 atom stereocenters. The van der Waals surface area contributed by atoms with Crippen LogP contribution in [0.2, 0.25) is 5.02 Å². The van der Waals surface area contributed by atoms with Crippen molar-refractivity contribution in [3.05, 3.63) is 28.8 Å². The van der Waals surface area contributed by atoms with Gasteiger partial charge < -0.3 is 15.3 Å². The molecule has 0 saturated heterocycles. The van der Waals surface area contributed by atoms with Gasteiger partial charge in [-0.2, -0.15) is 0 Å². The molecule has 0 saturated carbocycles. The number of hydrogen-bond acceptors (Lipinski definition) is 3. The summed E-state index contributed by atoms with van der Waals surface area (Å²) in [7, 11) is 0. The number of halogens is 1. The molecule has 1 aromatic carbocycles. The molecule has 1 aromatic rings. The van der Waals surface area contributed by atoms with Gasteiger partial charge in [-0.25, -0.2) is 0 Å². The van der Waals surface area contributed by atoms with Crippen LogP contribution >= 0.6 is 11.6 Å². The summed E-state index contributed by atoms with van der Waals surface area (Å²) in [5, 5.41) is 13.2. The third-order valence-electron chi connectivity index (χ3n) is 3.24. The lowest BCUT2D eigenvalue weighted by molar-refractivity contribution is 0.289. The molecular formula is C16H27ClN2O. The first-order valence-electron chi connectivity index (χ1n) is 7.43. The van der Waals surface area contributed by atoms with Gasteiger partial charge in [0.2, 0.25) is 0 Å². The number of rotatable bonds is 9. The maximum Gasteiger partial charge on any atom is 0.0471 e. The molecule has 0 aliphatic carbocycles. The van der Waals surface area contributed by atoms with E-state index >= 15 is 0 Å². The number of nitrogens with one attached hydrogen (secondary N) is 1. The van der Waals surface area contributed by atoms with Crippen molar-refractivity contribution < 1.29 is 5.11 Å². The number of aliphatic hydroxyl groups is 1. The van der Waals surface area contributed by atoms with Crippen molar-refractivity contribution in [1.29, 1.82) is 0 Å². The summed E-state index contributed by atoms with van der Waals surface area (Å²) in [6.07, 6.45) is 0.781. The second kappa shape index (κ2) is 9.22. The summed E-state index contributed by atoms with van der Waals surface area (Å²) in [5.74, 6) is 0.641. The summed E-state index contributed by atoms with van der Waals surface area (Å²) in [6.45, 7) is 10.3. The fourth-order valence-corrected chi connectivity index (χ4v) is 2.34. The van der Waals surface area contributed by atoms with Gasteiger partial charge >= 0.3 is 0 Å². The summed E-state index contributed by atoms with van der Waals surface area (Å²) in [6, 6.07) is 6.22. The molecule has 2 N–H and O–H groups in total. The van der Waals surface area contributed by atoms with E-state index in [0.717, 1.165) is 48.9 Å². The van der Waals surface area contributed by atoms with Gasteiger partial charge in [0.25, 0.3) is 0 Å². The van der Waals surface area contributed by atoms with Gasteiger partial charge in [-0.15, -0.1) is 0 Å². The molecule has 114 valence electrons. The Bertz CT molecular complexity index is 396. The SMILES string of the molecule is CCN(CCCO)c1ccc(CNCC(C)C)c(Cl)c1. The molecule has 0 unspecified atom stereocenters. The largest absolute Gasteiger partial charge is 0.396 e. The van der Waals surface area contributed by atoms with Gasteiger partial charge in [-0.1, -0.05) is 31.5 Å². The molecule has 0 aliphatic heterocycles. The molecule has 0 bridgehead atoms. The average Bonchev–Trinajstić information content (AvgIpc) is 2.41. The molecule has 0 aromatic heterocycles. The van der Waals surface area contributed by atoms with Crippen LogP contribution in [0, 0.1) is 5.92 Å². The zero-order valence-electron chi connectivity index (χ0n) is 12.8. The Hall–Kier alpha value is -0.770. The Kier molecular flexibility index (Phi) is 7.97. The highest BCUT2D eigenvalue weighted by Crippen LogP contribution is 2.24. The lowest BCUT2D eigenvalue weighted by atomic mass is 10.1. The maximum absolute atomic E-state index is 8.94. The topological polar surface area (TPSA) is 35.5 Å². The van der Waals surface area contributed by atoms with E-state index in [9.17, 15) is 0 Å². The third kappa shape index (κ3) is 5.70. The zero-order valence-corrected chi connectivity index (χ0v) is 13.6. The molecule has 0 heterocycles. The minimum Gasteiger partial charge on any atom is -0.396 e. The second-order valence-electron chi connectivity index (χ2n) is 5.46. The van der Waals surface area contributed by atoms with Crippen LogP contribution in [0.15, 0.2) is 18.2 Å². The van der Waals surface area contributed by atoms with Gasteiger partial charge in [0.1, 0.15) is 0 Å². The Morgan fingerprint density at radius 3 is 2.65 bits per heavy atom. The molecule has 20 heavy (non-hydrogen) atoms. The highest BCUT2D eigenvalue weighted by atomic mass is 35.5. The van der Waals surface area contributed by atoms with Crippen LogP contribution in [0.3, 0.4) is 0 Å². The van der Waals surface area contributed by atoms with Crippen LogP contribution in [0.1, 0.15) is 32.8 Å². The molecule has 3 nitrogen and oxygen atoms in total. The Balaban J connectivity index is 2.65. The summed E-state index contributed by atoms with van der Waals surface area (Å²) in [4.78, 5) is 2.23. The van der Waals surface area contributed by atoms with Crippen molar-refractivity contribution in [2.24, 2.45) is 5.92 Å². The van der Waals surface area contributed by atoms with Crippen LogP contribution in [0.25, 0.3) is 0 Å². The van der Waals surface area contributed by atoms with Gasteiger partial charge in [0.15, 0.2) is 0 Å². The van der Waals surface area contributed by atoms with Gasteiger partial charge in [0, 0.05) is 37.0 Å².